The lowest BCUT2D eigenvalue weighted by Crippen LogP contribution is -2.29. The first-order chi connectivity index (χ1) is 7.72. The monoisotopic (exact) mass is 223 g/mol. The van der Waals surface area contributed by atoms with Crippen molar-refractivity contribution in [1.29, 1.82) is 0 Å². The normalized spacial score (nSPS) is 13.1. The highest BCUT2D eigenvalue weighted by Gasteiger charge is 2.18. The van der Waals surface area contributed by atoms with Crippen molar-refractivity contribution in [2.45, 2.75) is 32.1 Å². The molecule has 0 aliphatic heterocycles. The lowest BCUT2D eigenvalue weighted by Gasteiger charge is -2.21. The van der Waals surface area contributed by atoms with Crippen molar-refractivity contribution >= 4 is 0 Å². The Morgan fingerprint density at radius 3 is 2.50 bits per heavy atom. The highest BCUT2D eigenvalue weighted by Crippen LogP contribution is 2.18. The van der Waals surface area contributed by atoms with Crippen LogP contribution in [0.2, 0.25) is 0 Å². The molecule has 0 aliphatic carbocycles. The van der Waals surface area contributed by atoms with Gasteiger partial charge >= 0.3 is 0 Å². The summed E-state index contributed by atoms with van der Waals surface area (Å²) >= 11 is 0. The summed E-state index contributed by atoms with van der Waals surface area (Å²) in [5, 5.41) is 0. The highest BCUT2D eigenvalue weighted by molar-refractivity contribution is 5.26. The first-order valence-corrected chi connectivity index (χ1v) is 5.63. The van der Waals surface area contributed by atoms with Gasteiger partial charge < -0.3 is 15.2 Å². The van der Waals surface area contributed by atoms with Crippen molar-refractivity contribution in [3.05, 3.63) is 35.4 Å². The topological polar surface area (TPSA) is 44.5 Å². The van der Waals surface area contributed by atoms with Crippen LogP contribution in [-0.4, -0.2) is 20.5 Å². The van der Waals surface area contributed by atoms with Crippen LogP contribution in [0.3, 0.4) is 0 Å². The Hall–Kier alpha value is -0.900. The predicted octanol–water partition coefficient (Wildman–Crippen LogP) is 2.26. The number of hydrogen-bond acceptors (Lipinski definition) is 3. The first-order valence-electron chi connectivity index (χ1n) is 5.63. The van der Waals surface area contributed by atoms with Crippen molar-refractivity contribution in [2.24, 2.45) is 5.73 Å². The van der Waals surface area contributed by atoms with Gasteiger partial charge in [-0.3, -0.25) is 0 Å². The van der Waals surface area contributed by atoms with Gasteiger partial charge in [-0.1, -0.05) is 37.6 Å². The Morgan fingerprint density at radius 2 is 1.94 bits per heavy atom. The van der Waals surface area contributed by atoms with Crippen molar-refractivity contribution in [3.63, 3.8) is 0 Å². The van der Waals surface area contributed by atoms with E-state index in [1.54, 1.807) is 14.2 Å². The number of methoxy groups -OCH3 is 2. The molecule has 2 N–H and O–H groups in total. The van der Waals surface area contributed by atoms with Gasteiger partial charge in [0.15, 0.2) is 6.29 Å². The Morgan fingerprint density at radius 1 is 1.25 bits per heavy atom. The summed E-state index contributed by atoms with van der Waals surface area (Å²) in [6.45, 7) is 2.17. The Bertz CT molecular complexity index is 311. The molecule has 0 aliphatic rings. The van der Waals surface area contributed by atoms with E-state index >= 15 is 0 Å². The molecular formula is C13H21NO2. The summed E-state index contributed by atoms with van der Waals surface area (Å²) in [4.78, 5) is 0. The smallest absolute Gasteiger partial charge is 0.175 e. The molecule has 0 amide bonds. The molecule has 0 heterocycles. The molecule has 0 spiro atoms. The fourth-order valence-electron chi connectivity index (χ4n) is 1.79. The zero-order valence-electron chi connectivity index (χ0n) is 10.3. The van der Waals surface area contributed by atoms with Crippen molar-refractivity contribution in [1.82, 2.24) is 0 Å². The fourth-order valence-corrected chi connectivity index (χ4v) is 1.79. The quantitative estimate of drug-likeness (QED) is 0.752. The largest absolute Gasteiger partial charge is 0.354 e. The van der Waals surface area contributed by atoms with E-state index in [1.807, 2.05) is 12.1 Å². The van der Waals surface area contributed by atoms with Crippen LogP contribution in [0.1, 0.15) is 30.5 Å². The van der Waals surface area contributed by atoms with E-state index in [1.165, 1.54) is 5.56 Å². The van der Waals surface area contributed by atoms with Gasteiger partial charge in [-0.05, 0) is 17.5 Å². The van der Waals surface area contributed by atoms with Crippen LogP contribution in [0, 0.1) is 0 Å². The summed E-state index contributed by atoms with van der Waals surface area (Å²) in [7, 11) is 3.20. The molecule has 90 valence electrons. The van der Waals surface area contributed by atoms with Crippen molar-refractivity contribution < 1.29 is 9.47 Å². The van der Waals surface area contributed by atoms with E-state index in [0.29, 0.717) is 0 Å². The molecule has 0 saturated carbocycles. The summed E-state index contributed by atoms with van der Waals surface area (Å²) in [5.41, 5.74) is 8.44. The van der Waals surface area contributed by atoms with E-state index in [0.717, 1.165) is 18.4 Å². The van der Waals surface area contributed by atoms with Crippen LogP contribution in [0.25, 0.3) is 0 Å². The molecule has 0 bridgehead atoms. The maximum absolute atomic E-state index is 6.08. The molecule has 0 radical (unpaired) electrons. The standard InChI is InChI=1S/C13H21NO2/c1-4-6-10-7-5-8-11(9-10)12(14)13(15-2)16-3/h5,7-9,12-13H,4,6,14H2,1-3H3. The number of aryl methyl sites for hydroxylation is 1. The summed E-state index contributed by atoms with van der Waals surface area (Å²) in [6, 6.07) is 8.04. The van der Waals surface area contributed by atoms with E-state index in [-0.39, 0.29) is 6.04 Å². The highest BCUT2D eigenvalue weighted by atomic mass is 16.7. The van der Waals surface area contributed by atoms with Gasteiger partial charge in [0.25, 0.3) is 0 Å². The van der Waals surface area contributed by atoms with Gasteiger partial charge in [0, 0.05) is 14.2 Å². The molecule has 1 unspecified atom stereocenters. The van der Waals surface area contributed by atoms with E-state index in [2.05, 4.69) is 19.1 Å². The Balaban J connectivity index is 2.81. The minimum absolute atomic E-state index is 0.244. The molecule has 1 aromatic rings. The zero-order valence-corrected chi connectivity index (χ0v) is 10.3. The molecule has 0 saturated heterocycles. The second-order valence-electron chi connectivity index (χ2n) is 3.86. The van der Waals surface area contributed by atoms with Gasteiger partial charge in [0.05, 0.1) is 6.04 Å². The minimum atomic E-state index is -0.392. The van der Waals surface area contributed by atoms with Crippen LogP contribution < -0.4 is 5.73 Å². The average molecular weight is 223 g/mol. The summed E-state index contributed by atoms with van der Waals surface area (Å²) < 4.78 is 10.3. The van der Waals surface area contributed by atoms with Crippen LogP contribution in [0.5, 0.6) is 0 Å². The predicted molar refractivity (Wildman–Crippen MR) is 65.2 cm³/mol. The van der Waals surface area contributed by atoms with E-state index in [9.17, 15) is 0 Å². The summed E-state index contributed by atoms with van der Waals surface area (Å²) in [6.07, 6.45) is 1.82. The average Bonchev–Trinajstić information content (AvgIpc) is 2.31. The third-order valence-corrected chi connectivity index (χ3v) is 2.63. The molecule has 16 heavy (non-hydrogen) atoms. The van der Waals surface area contributed by atoms with Gasteiger partial charge in [-0.25, -0.2) is 0 Å². The molecule has 3 heteroatoms. The lowest BCUT2D eigenvalue weighted by atomic mass is 10.0. The van der Waals surface area contributed by atoms with E-state index < -0.39 is 6.29 Å². The third-order valence-electron chi connectivity index (χ3n) is 2.63. The van der Waals surface area contributed by atoms with Crippen LogP contribution in [-0.2, 0) is 15.9 Å². The Labute approximate surface area is 97.6 Å². The van der Waals surface area contributed by atoms with E-state index in [4.69, 9.17) is 15.2 Å². The number of rotatable bonds is 6. The molecule has 3 nitrogen and oxygen atoms in total. The molecule has 1 rings (SSSR count). The SMILES string of the molecule is CCCc1cccc(C(N)C(OC)OC)c1. The summed E-state index contributed by atoms with van der Waals surface area (Å²) in [5.74, 6) is 0. The van der Waals surface area contributed by atoms with Gasteiger partial charge in [0.1, 0.15) is 0 Å². The molecule has 0 aromatic heterocycles. The maximum atomic E-state index is 6.08. The van der Waals surface area contributed by atoms with Gasteiger partial charge in [-0.2, -0.15) is 0 Å². The Kier molecular flexibility index (Phi) is 5.46. The lowest BCUT2D eigenvalue weighted by molar-refractivity contribution is -0.117. The van der Waals surface area contributed by atoms with Crippen LogP contribution in [0.15, 0.2) is 24.3 Å². The van der Waals surface area contributed by atoms with Gasteiger partial charge in [-0.15, -0.1) is 0 Å². The molecular weight excluding hydrogens is 202 g/mol. The maximum Gasteiger partial charge on any atom is 0.175 e. The number of hydrogen-bond donors (Lipinski definition) is 1. The zero-order chi connectivity index (χ0) is 12.0. The molecule has 1 atom stereocenters. The first kappa shape index (κ1) is 13.2. The van der Waals surface area contributed by atoms with Gasteiger partial charge in [0.2, 0.25) is 0 Å². The third kappa shape index (κ3) is 3.30. The number of benzene rings is 1. The second-order valence-corrected chi connectivity index (χ2v) is 3.86. The minimum Gasteiger partial charge on any atom is -0.354 e. The molecule has 1 aromatic carbocycles. The second kappa shape index (κ2) is 6.63. The van der Waals surface area contributed by atoms with Crippen LogP contribution >= 0.6 is 0 Å². The number of nitrogens with two attached hydrogens (primary N) is 1. The molecule has 0 fully saturated rings. The van der Waals surface area contributed by atoms with Crippen molar-refractivity contribution in [3.8, 4) is 0 Å². The van der Waals surface area contributed by atoms with Crippen LogP contribution in [0.4, 0.5) is 0 Å². The fraction of sp³-hybridized carbons (Fsp3) is 0.538. The number of ether oxygens (including phenoxy) is 2. The van der Waals surface area contributed by atoms with Crippen molar-refractivity contribution in [2.75, 3.05) is 14.2 Å².